The Morgan fingerprint density at radius 2 is 1.55 bits per heavy atom. The highest BCUT2D eigenvalue weighted by atomic mass is 16.9. The quantitative estimate of drug-likeness (QED) is 0.415. The number of nitrogens with zero attached hydrogens (tertiary/aromatic N) is 2. The molecule has 1 atom stereocenters. The maximum absolute atomic E-state index is 9.07. The molecule has 4 N–H and O–H groups in total. The van der Waals surface area contributed by atoms with Gasteiger partial charge >= 0.3 is 0 Å². The molecule has 0 bridgehead atoms. The van der Waals surface area contributed by atoms with Crippen molar-refractivity contribution in [1.29, 1.82) is 0 Å². The van der Waals surface area contributed by atoms with Crippen LogP contribution in [0.5, 0.6) is 11.5 Å². The maximum Gasteiger partial charge on any atom is 0.291 e. The Bertz CT molecular complexity index is 421. The van der Waals surface area contributed by atoms with E-state index in [9.17, 15) is 0 Å². The molecule has 0 radical (unpaired) electrons. The standard InChI is InChI=1S/C10H14O4.2HNO3/c1-13-9-4-2-3-5-10(9)14-7-8(12)6-11;2*2-1(3)4/h2-5,8,11-12H,6-7H2,1H3;2*(H,2,3,4). The fourth-order valence-electron chi connectivity index (χ4n) is 0.977. The Labute approximate surface area is 124 Å². The lowest BCUT2D eigenvalue weighted by atomic mass is 10.3. The van der Waals surface area contributed by atoms with Crippen LogP contribution in [0.2, 0.25) is 0 Å². The second-order valence-electron chi connectivity index (χ2n) is 3.27. The van der Waals surface area contributed by atoms with Gasteiger partial charge in [0.1, 0.15) is 12.7 Å². The second-order valence-corrected chi connectivity index (χ2v) is 3.27. The molecule has 0 saturated heterocycles. The van der Waals surface area contributed by atoms with Crippen LogP contribution in [0.3, 0.4) is 0 Å². The molecular formula is C10H16N2O10. The van der Waals surface area contributed by atoms with E-state index in [0.717, 1.165) is 0 Å². The average Bonchev–Trinajstić information content (AvgIpc) is 2.43. The third-order valence-corrected chi connectivity index (χ3v) is 1.71. The first kappa shape index (κ1) is 21.4. The minimum Gasteiger partial charge on any atom is -0.493 e. The number of benzene rings is 1. The zero-order valence-corrected chi connectivity index (χ0v) is 11.4. The number of aliphatic hydroxyl groups excluding tert-OH is 2. The molecule has 1 unspecified atom stereocenters. The largest absolute Gasteiger partial charge is 0.493 e. The first-order valence-electron chi connectivity index (χ1n) is 5.45. The zero-order valence-electron chi connectivity index (χ0n) is 11.4. The van der Waals surface area contributed by atoms with Crippen LogP contribution in [0.4, 0.5) is 0 Å². The molecule has 0 amide bonds. The topological polar surface area (TPSA) is 186 Å². The van der Waals surface area contributed by atoms with Crippen LogP contribution in [0.1, 0.15) is 0 Å². The van der Waals surface area contributed by atoms with Crippen LogP contribution in [0.25, 0.3) is 0 Å². The van der Waals surface area contributed by atoms with Gasteiger partial charge in [0.2, 0.25) is 0 Å². The van der Waals surface area contributed by atoms with Gasteiger partial charge in [0.05, 0.1) is 13.7 Å². The lowest BCUT2D eigenvalue weighted by molar-refractivity contribution is -0.742. The summed E-state index contributed by atoms with van der Waals surface area (Å²) < 4.78 is 10.3. The molecule has 12 nitrogen and oxygen atoms in total. The maximum atomic E-state index is 9.07. The average molecular weight is 324 g/mol. The third kappa shape index (κ3) is 15.2. The summed E-state index contributed by atoms with van der Waals surface area (Å²) in [6.07, 6.45) is -0.861. The van der Waals surface area contributed by atoms with Crippen LogP contribution >= 0.6 is 0 Å². The lowest BCUT2D eigenvalue weighted by Gasteiger charge is -2.12. The van der Waals surface area contributed by atoms with Crippen molar-refractivity contribution in [2.45, 2.75) is 6.10 Å². The van der Waals surface area contributed by atoms with Crippen molar-refractivity contribution < 1.29 is 40.3 Å². The summed E-state index contributed by atoms with van der Waals surface area (Å²) in [4.78, 5) is 16.7. The Kier molecular flexibility index (Phi) is 12.8. The Balaban J connectivity index is 0. The van der Waals surface area contributed by atoms with Crippen molar-refractivity contribution in [2.24, 2.45) is 0 Å². The number of aliphatic hydroxyl groups is 2. The number of methoxy groups -OCH3 is 1. The molecule has 22 heavy (non-hydrogen) atoms. The highest BCUT2D eigenvalue weighted by Crippen LogP contribution is 2.25. The molecule has 0 saturated carbocycles. The summed E-state index contributed by atoms with van der Waals surface area (Å²) in [7, 11) is 1.55. The molecule has 1 rings (SSSR count). The summed E-state index contributed by atoms with van der Waals surface area (Å²) >= 11 is 0. The monoisotopic (exact) mass is 324 g/mol. The molecule has 0 aromatic heterocycles. The second kappa shape index (κ2) is 13.1. The molecule has 0 heterocycles. The molecule has 1 aromatic carbocycles. The van der Waals surface area contributed by atoms with E-state index < -0.39 is 16.3 Å². The zero-order chi connectivity index (χ0) is 17.5. The fraction of sp³-hybridized carbons (Fsp3) is 0.400. The van der Waals surface area contributed by atoms with Crippen molar-refractivity contribution in [1.82, 2.24) is 0 Å². The van der Waals surface area contributed by atoms with E-state index in [1.165, 1.54) is 0 Å². The molecular weight excluding hydrogens is 308 g/mol. The van der Waals surface area contributed by atoms with E-state index in [0.29, 0.717) is 11.5 Å². The van der Waals surface area contributed by atoms with E-state index in [2.05, 4.69) is 0 Å². The minimum atomic E-state index is -1.50. The predicted octanol–water partition coefficient (Wildman–Crippen LogP) is -0.268. The SMILES string of the molecule is COc1ccccc1OCC(O)CO.O=[N+]([O-])O.O=[N+]([O-])O. The summed E-state index contributed by atoms with van der Waals surface area (Å²) in [5.41, 5.74) is 0. The van der Waals surface area contributed by atoms with E-state index >= 15 is 0 Å². The molecule has 0 aliphatic rings. The fourth-order valence-corrected chi connectivity index (χ4v) is 0.977. The van der Waals surface area contributed by atoms with Crippen LogP contribution in [-0.2, 0) is 0 Å². The van der Waals surface area contributed by atoms with Crippen LogP contribution < -0.4 is 9.47 Å². The molecule has 1 aromatic rings. The van der Waals surface area contributed by atoms with Crippen LogP contribution in [0.15, 0.2) is 24.3 Å². The van der Waals surface area contributed by atoms with Crippen molar-refractivity contribution in [3.05, 3.63) is 44.5 Å². The predicted molar refractivity (Wildman–Crippen MR) is 69.1 cm³/mol. The summed E-state index contributed by atoms with van der Waals surface area (Å²) in [5.74, 6) is 1.17. The van der Waals surface area contributed by atoms with Crippen molar-refractivity contribution in [3.63, 3.8) is 0 Å². The molecule has 0 fully saturated rings. The van der Waals surface area contributed by atoms with Crippen molar-refractivity contribution >= 4 is 0 Å². The Morgan fingerprint density at radius 1 is 1.14 bits per heavy atom. The molecule has 0 aliphatic carbocycles. The van der Waals surface area contributed by atoms with Gasteiger partial charge < -0.3 is 30.1 Å². The summed E-state index contributed by atoms with van der Waals surface area (Å²) in [6.45, 7) is -0.258. The first-order valence-corrected chi connectivity index (χ1v) is 5.45. The summed E-state index contributed by atoms with van der Waals surface area (Å²) in [5, 5.41) is 44.9. The molecule has 12 heteroatoms. The van der Waals surface area contributed by atoms with Gasteiger partial charge in [-0.15, -0.1) is 20.2 Å². The summed E-state index contributed by atoms with van der Waals surface area (Å²) in [6, 6.07) is 7.14. The number of hydrogen-bond acceptors (Lipinski definition) is 8. The number of hydrogen-bond donors (Lipinski definition) is 4. The normalized spacial score (nSPS) is 9.95. The molecule has 126 valence electrons. The smallest absolute Gasteiger partial charge is 0.291 e. The number of ether oxygens (including phenoxy) is 2. The Morgan fingerprint density at radius 3 is 1.91 bits per heavy atom. The van der Waals surface area contributed by atoms with Gasteiger partial charge in [-0.3, -0.25) is 0 Å². The third-order valence-electron chi connectivity index (χ3n) is 1.71. The van der Waals surface area contributed by atoms with E-state index in [-0.39, 0.29) is 13.2 Å². The van der Waals surface area contributed by atoms with Crippen LogP contribution in [0, 0.1) is 20.2 Å². The van der Waals surface area contributed by atoms with E-state index in [1.807, 2.05) is 12.1 Å². The van der Waals surface area contributed by atoms with Gasteiger partial charge in [0.25, 0.3) is 10.2 Å². The Hall–Kier alpha value is -2.86. The van der Waals surface area contributed by atoms with Gasteiger partial charge in [-0.05, 0) is 12.1 Å². The van der Waals surface area contributed by atoms with Gasteiger partial charge in [-0.25, -0.2) is 0 Å². The molecule has 0 spiro atoms. The van der Waals surface area contributed by atoms with Crippen LogP contribution in [-0.4, -0.2) is 57.2 Å². The highest BCUT2D eigenvalue weighted by molar-refractivity contribution is 5.39. The van der Waals surface area contributed by atoms with Crippen molar-refractivity contribution in [2.75, 3.05) is 20.3 Å². The van der Waals surface area contributed by atoms with Crippen molar-refractivity contribution in [3.8, 4) is 11.5 Å². The van der Waals surface area contributed by atoms with Gasteiger partial charge in [-0.2, -0.15) is 0 Å². The van der Waals surface area contributed by atoms with E-state index in [4.69, 9.17) is 50.3 Å². The first-order chi connectivity index (χ1) is 10.2. The van der Waals surface area contributed by atoms with E-state index in [1.54, 1.807) is 19.2 Å². The minimum absolute atomic E-state index is 0.0525. The van der Waals surface area contributed by atoms with Gasteiger partial charge in [0.15, 0.2) is 11.5 Å². The lowest BCUT2D eigenvalue weighted by Crippen LogP contribution is -2.21. The number of para-hydroxylation sites is 2. The number of rotatable bonds is 5. The van der Waals surface area contributed by atoms with Gasteiger partial charge in [-0.1, -0.05) is 12.1 Å². The highest BCUT2D eigenvalue weighted by Gasteiger charge is 2.06. The molecule has 0 aliphatic heterocycles. The van der Waals surface area contributed by atoms with Gasteiger partial charge in [0, 0.05) is 0 Å².